The zero-order valence-electron chi connectivity index (χ0n) is 8.90. The summed E-state index contributed by atoms with van der Waals surface area (Å²) >= 11 is 0. The van der Waals surface area contributed by atoms with Gasteiger partial charge in [0.25, 0.3) is 5.91 Å². The maximum Gasteiger partial charge on any atom is 0.258 e. The third kappa shape index (κ3) is 3.50. The molecule has 0 aliphatic rings. The molecule has 0 bridgehead atoms. The first kappa shape index (κ1) is 11.4. The molecular formula is C11H15NO3. The van der Waals surface area contributed by atoms with Crippen LogP contribution in [0.3, 0.4) is 0 Å². The second-order valence-electron chi connectivity index (χ2n) is 3.07. The third-order valence-corrected chi connectivity index (χ3v) is 1.85. The van der Waals surface area contributed by atoms with Crippen LogP contribution in [-0.4, -0.2) is 18.6 Å². The lowest BCUT2D eigenvalue weighted by Crippen LogP contribution is -2.30. The summed E-state index contributed by atoms with van der Waals surface area (Å²) < 4.78 is 10.5. The molecule has 4 heteroatoms. The van der Waals surface area contributed by atoms with Gasteiger partial charge in [-0.3, -0.25) is 4.79 Å². The van der Waals surface area contributed by atoms with Crippen molar-refractivity contribution in [2.24, 2.45) is 5.73 Å². The van der Waals surface area contributed by atoms with Crippen LogP contribution >= 0.6 is 0 Å². The number of carbonyl (C=O) groups is 1. The van der Waals surface area contributed by atoms with Crippen molar-refractivity contribution in [2.75, 3.05) is 6.61 Å². The van der Waals surface area contributed by atoms with Crippen molar-refractivity contribution in [3.8, 4) is 11.5 Å². The molecule has 0 unspecified atom stereocenters. The predicted octanol–water partition coefficient (Wildman–Crippen LogP) is 1.34. The highest BCUT2D eigenvalue weighted by Gasteiger charge is 2.09. The van der Waals surface area contributed by atoms with Crippen molar-refractivity contribution in [1.82, 2.24) is 0 Å². The van der Waals surface area contributed by atoms with Crippen molar-refractivity contribution < 1.29 is 14.3 Å². The summed E-state index contributed by atoms with van der Waals surface area (Å²) in [6.07, 6.45) is -0.622. The fourth-order valence-corrected chi connectivity index (χ4v) is 1.04. The molecule has 0 fully saturated rings. The molecule has 0 aliphatic heterocycles. The Morgan fingerprint density at radius 2 is 1.87 bits per heavy atom. The molecule has 0 spiro atoms. The predicted molar refractivity (Wildman–Crippen MR) is 56.9 cm³/mol. The number of carbonyl (C=O) groups excluding carboxylic acids is 1. The zero-order chi connectivity index (χ0) is 11.3. The molecule has 4 nitrogen and oxygen atoms in total. The van der Waals surface area contributed by atoms with Crippen molar-refractivity contribution in [3.05, 3.63) is 24.3 Å². The maximum absolute atomic E-state index is 10.7. The van der Waals surface area contributed by atoms with Crippen LogP contribution in [0.15, 0.2) is 24.3 Å². The number of amides is 1. The molecule has 1 rings (SSSR count). The monoisotopic (exact) mass is 209 g/mol. The molecule has 0 saturated carbocycles. The van der Waals surface area contributed by atoms with Gasteiger partial charge in [-0.1, -0.05) is 0 Å². The van der Waals surface area contributed by atoms with E-state index in [0.29, 0.717) is 12.4 Å². The number of rotatable bonds is 5. The number of ether oxygens (including phenoxy) is 2. The summed E-state index contributed by atoms with van der Waals surface area (Å²) in [4.78, 5) is 10.7. The molecule has 0 radical (unpaired) electrons. The van der Waals surface area contributed by atoms with E-state index in [9.17, 15) is 4.79 Å². The topological polar surface area (TPSA) is 61.6 Å². The highest BCUT2D eigenvalue weighted by Crippen LogP contribution is 2.18. The first-order chi connectivity index (χ1) is 7.13. The van der Waals surface area contributed by atoms with E-state index in [2.05, 4.69) is 0 Å². The Labute approximate surface area is 89.0 Å². The lowest BCUT2D eigenvalue weighted by atomic mass is 10.3. The molecular weight excluding hydrogens is 194 g/mol. The van der Waals surface area contributed by atoms with Crippen molar-refractivity contribution in [3.63, 3.8) is 0 Å². The minimum atomic E-state index is -0.622. The Balaban J connectivity index is 2.60. The molecule has 2 N–H and O–H groups in total. The number of primary amides is 1. The average Bonchev–Trinajstić information content (AvgIpc) is 2.21. The quantitative estimate of drug-likeness (QED) is 0.796. The van der Waals surface area contributed by atoms with Crippen LogP contribution in [0.25, 0.3) is 0 Å². The van der Waals surface area contributed by atoms with Gasteiger partial charge >= 0.3 is 0 Å². The molecule has 1 aromatic carbocycles. The van der Waals surface area contributed by atoms with E-state index < -0.39 is 12.0 Å². The summed E-state index contributed by atoms with van der Waals surface area (Å²) in [6.45, 7) is 4.15. The van der Waals surface area contributed by atoms with Gasteiger partial charge in [0.2, 0.25) is 0 Å². The zero-order valence-corrected chi connectivity index (χ0v) is 8.90. The van der Waals surface area contributed by atoms with Crippen LogP contribution in [-0.2, 0) is 4.79 Å². The maximum atomic E-state index is 10.7. The average molecular weight is 209 g/mol. The first-order valence-electron chi connectivity index (χ1n) is 4.82. The van der Waals surface area contributed by atoms with E-state index in [-0.39, 0.29) is 0 Å². The number of benzene rings is 1. The van der Waals surface area contributed by atoms with E-state index in [0.717, 1.165) is 5.75 Å². The van der Waals surface area contributed by atoms with Crippen molar-refractivity contribution in [2.45, 2.75) is 20.0 Å². The van der Waals surface area contributed by atoms with Gasteiger partial charge in [-0.25, -0.2) is 0 Å². The van der Waals surface area contributed by atoms with Gasteiger partial charge < -0.3 is 15.2 Å². The smallest absolute Gasteiger partial charge is 0.258 e. The first-order valence-corrected chi connectivity index (χ1v) is 4.82. The number of hydrogen-bond donors (Lipinski definition) is 1. The van der Waals surface area contributed by atoms with Crippen LogP contribution < -0.4 is 15.2 Å². The summed E-state index contributed by atoms with van der Waals surface area (Å²) in [5.41, 5.74) is 5.07. The molecule has 0 saturated heterocycles. The summed E-state index contributed by atoms with van der Waals surface area (Å²) in [5, 5.41) is 0. The normalized spacial score (nSPS) is 11.9. The van der Waals surface area contributed by atoms with Gasteiger partial charge in [0, 0.05) is 0 Å². The fraction of sp³-hybridized carbons (Fsp3) is 0.364. The molecule has 15 heavy (non-hydrogen) atoms. The number of nitrogens with two attached hydrogens (primary N) is 1. The van der Waals surface area contributed by atoms with Gasteiger partial charge in [0.1, 0.15) is 11.5 Å². The Kier molecular flexibility index (Phi) is 3.97. The Bertz CT molecular complexity index is 321. The van der Waals surface area contributed by atoms with E-state index in [1.807, 2.05) is 6.92 Å². The van der Waals surface area contributed by atoms with E-state index in [4.69, 9.17) is 15.2 Å². The van der Waals surface area contributed by atoms with Gasteiger partial charge in [-0.05, 0) is 38.1 Å². The van der Waals surface area contributed by atoms with E-state index in [1.165, 1.54) is 0 Å². The lowest BCUT2D eigenvalue weighted by molar-refractivity contribution is -0.123. The largest absolute Gasteiger partial charge is 0.494 e. The minimum absolute atomic E-state index is 0.483. The Hall–Kier alpha value is -1.71. The standard InChI is InChI=1S/C11H15NO3/c1-3-14-9-4-6-10(7-5-9)15-8(2)11(12)13/h4-8H,3H2,1-2H3,(H2,12,13)/t8-/m0/s1. The second kappa shape index (κ2) is 5.24. The highest BCUT2D eigenvalue weighted by molar-refractivity contribution is 5.78. The molecule has 0 heterocycles. The van der Waals surface area contributed by atoms with E-state index in [1.54, 1.807) is 31.2 Å². The highest BCUT2D eigenvalue weighted by atomic mass is 16.5. The number of hydrogen-bond acceptors (Lipinski definition) is 3. The molecule has 0 aromatic heterocycles. The van der Waals surface area contributed by atoms with E-state index >= 15 is 0 Å². The van der Waals surface area contributed by atoms with Gasteiger partial charge in [-0.15, -0.1) is 0 Å². The van der Waals surface area contributed by atoms with Crippen LogP contribution in [0.4, 0.5) is 0 Å². The fourth-order valence-electron chi connectivity index (χ4n) is 1.04. The molecule has 82 valence electrons. The SMILES string of the molecule is CCOc1ccc(O[C@@H](C)C(N)=O)cc1. The van der Waals surface area contributed by atoms with Gasteiger partial charge in [-0.2, -0.15) is 0 Å². The Morgan fingerprint density at radius 3 is 2.33 bits per heavy atom. The van der Waals surface area contributed by atoms with Crippen LogP contribution in [0.2, 0.25) is 0 Å². The van der Waals surface area contributed by atoms with Gasteiger partial charge in [0.05, 0.1) is 6.61 Å². The van der Waals surface area contributed by atoms with Crippen molar-refractivity contribution >= 4 is 5.91 Å². The minimum Gasteiger partial charge on any atom is -0.494 e. The molecule has 0 aliphatic carbocycles. The van der Waals surface area contributed by atoms with Crippen LogP contribution in [0, 0.1) is 0 Å². The third-order valence-electron chi connectivity index (χ3n) is 1.85. The summed E-state index contributed by atoms with van der Waals surface area (Å²) in [5.74, 6) is 0.894. The molecule has 1 atom stereocenters. The Morgan fingerprint density at radius 1 is 1.33 bits per heavy atom. The summed E-state index contributed by atoms with van der Waals surface area (Å²) in [7, 11) is 0. The van der Waals surface area contributed by atoms with Crippen LogP contribution in [0.5, 0.6) is 11.5 Å². The van der Waals surface area contributed by atoms with Crippen molar-refractivity contribution in [1.29, 1.82) is 0 Å². The lowest BCUT2D eigenvalue weighted by Gasteiger charge is -2.11. The van der Waals surface area contributed by atoms with Crippen LogP contribution in [0.1, 0.15) is 13.8 Å². The van der Waals surface area contributed by atoms with Gasteiger partial charge in [0.15, 0.2) is 6.10 Å². The second-order valence-corrected chi connectivity index (χ2v) is 3.07. The molecule has 1 aromatic rings. The summed E-state index contributed by atoms with van der Waals surface area (Å²) in [6, 6.07) is 7.05. The molecule has 1 amide bonds.